The average molecular weight is 490 g/mol. The molecular formula is C29H37N4O3+. The van der Waals surface area contributed by atoms with Gasteiger partial charge in [-0.2, -0.15) is 0 Å². The lowest BCUT2D eigenvalue weighted by molar-refractivity contribution is -0.145. The molecule has 4 fully saturated rings. The van der Waals surface area contributed by atoms with Crippen LogP contribution in [0.2, 0.25) is 0 Å². The molecule has 2 amide bonds. The van der Waals surface area contributed by atoms with Crippen molar-refractivity contribution in [2.45, 2.75) is 57.0 Å². The maximum Gasteiger partial charge on any atom is 0.329 e. The number of amidine groups is 1. The summed E-state index contributed by atoms with van der Waals surface area (Å²) < 4.78 is 5.61. The van der Waals surface area contributed by atoms with Gasteiger partial charge in [0.25, 0.3) is 5.84 Å². The molecule has 0 heterocycles. The molecule has 6 rings (SSSR count). The van der Waals surface area contributed by atoms with Gasteiger partial charge in [0.15, 0.2) is 0 Å². The molecule has 190 valence electrons. The molecule has 4 aliphatic rings. The lowest BCUT2D eigenvalue weighted by Gasteiger charge is -2.54. The number of hydrogen-bond donors (Lipinski definition) is 4. The fourth-order valence-electron chi connectivity index (χ4n) is 6.83. The minimum atomic E-state index is -0.813. The van der Waals surface area contributed by atoms with E-state index in [1.807, 2.05) is 54.6 Å². The Morgan fingerprint density at radius 2 is 1.61 bits per heavy atom. The van der Waals surface area contributed by atoms with E-state index in [4.69, 9.17) is 15.9 Å². The van der Waals surface area contributed by atoms with Crippen LogP contribution in [0.4, 0.5) is 4.79 Å². The van der Waals surface area contributed by atoms with Crippen LogP contribution < -0.4 is 21.8 Å². The summed E-state index contributed by atoms with van der Waals surface area (Å²) in [5, 5.41) is 11.9. The zero-order valence-electron chi connectivity index (χ0n) is 20.7. The summed E-state index contributed by atoms with van der Waals surface area (Å²) in [4.78, 5) is 26.2. The minimum absolute atomic E-state index is 0.197. The fourth-order valence-corrected chi connectivity index (χ4v) is 6.83. The van der Waals surface area contributed by atoms with Crippen molar-refractivity contribution in [1.29, 1.82) is 0 Å². The van der Waals surface area contributed by atoms with Gasteiger partial charge in [0.1, 0.15) is 6.04 Å². The average Bonchev–Trinajstić information content (AvgIpc) is 2.86. The molecule has 4 aliphatic carbocycles. The number of ether oxygens (including phenoxy) is 1. The summed E-state index contributed by atoms with van der Waals surface area (Å²) >= 11 is 0. The summed E-state index contributed by atoms with van der Waals surface area (Å²) in [6.45, 7) is 0.252. The number of nitrogens with one attached hydrogen (secondary N) is 2. The second kappa shape index (κ2) is 10.7. The minimum Gasteiger partial charge on any atom is -0.464 e. The molecule has 2 aromatic carbocycles. The molecule has 7 nitrogen and oxygen atoms in total. The van der Waals surface area contributed by atoms with Crippen molar-refractivity contribution in [3.8, 4) is 0 Å². The first-order valence-electron chi connectivity index (χ1n) is 13.2. The molecule has 6 N–H and O–H groups in total. The number of amides is 2. The number of esters is 1. The smallest absolute Gasteiger partial charge is 0.329 e. The number of carbonyl (C=O) groups excluding carboxylic acids is 2. The van der Waals surface area contributed by atoms with Gasteiger partial charge in [-0.3, -0.25) is 11.1 Å². The normalized spacial score (nSPS) is 26.7. The Balaban J connectivity index is 1.23. The van der Waals surface area contributed by atoms with Crippen molar-refractivity contribution in [2.24, 2.45) is 29.4 Å². The Kier molecular flexibility index (Phi) is 7.25. The summed E-state index contributed by atoms with van der Waals surface area (Å²) in [6, 6.07) is 16.4. The van der Waals surface area contributed by atoms with Gasteiger partial charge in [0.2, 0.25) is 0 Å². The van der Waals surface area contributed by atoms with Crippen molar-refractivity contribution in [3.05, 3.63) is 71.3 Å². The van der Waals surface area contributed by atoms with Gasteiger partial charge in [-0.1, -0.05) is 42.5 Å². The highest BCUT2D eigenvalue weighted by molar-refractivity contribution is 5.92. The highest BCUT2D eigenvalue weighted by Gasteiger charge is 2.48. The highest BCUT2D eigenvalue weighted by Crippen LogP contribution is 2.53. The quantitative estimate of drug-likeness (QED) is 0.245. The van der Waals surface area contributed by atoms with Gasteiger partial charge < -0.3 is 15.4 Å². The third-order valence-electron chi connectivity index (χ3n) is 8.29. The molecule has 2 aromatic rings. The van der Waals surface area contributed by atoms with Gasteiger partial charge in [-0.25, -0.2) is 9.59 Å². The zero-order valence-corrected chi connectivity index (χ0v) is 20.7. The number of hydrogen-bond acceptors (Lipinski definition) is 3. The second-order valence-corrected chi connectivity index (χ2v) is 10.9. The van der Waals surface area contributed by atoms with Crippen molar-refractivity contribution in [3.63, 3.8) is 0 Å². The van der Waals surface area contributed by atoms with Gasteiger partial charge in [-0.05, 0) is 79.0 Å². The van der Waals surface area contributed by atoms with Crippen LogP contribution in [0.3, 0.4) is 0 Å². The number of nitrogens with two attached hydrogens (primary N) is 2. The molecular weight excluding hydrogens is 452 g/mol. The monoisotopic (exact) mass is 489 g/mol. The molecule has 0 spiro atoms. The first kappa shape index (κ1) is 24.3. The highest BCUT2D eigenvalue weighted by atomic mass is 16.5. The van der Waals surface area contributed by atoms with E-state index in [0.717, 1.165) is 23.0 Å². The summed E-state index contributed by atoms with van der Waals surface area (Å²) in [5.41, 5.74) is 8.40. The van der Waals surface area contributed by atoms with Gasteiger partial charge in [-0.15, -0.1) is 0 Å². The van der Waals surface area contributed by atoms with Crippen LogP contribution in [0.15, 0.2) is 54.6 Å². The Morgan fingerprint density at radius 3 is 2.28 bits per heavy atom. The van der Waals surface area contributed by atoms with Crippen LogP contribution in [0.1, 0.15) is 48.8 Å². The number of urea groups is 1. The fraction of sp³-hybridized carbons (Fsp3) is 0.483. The lowest BCUT2D eigenvalue weighted by Crippen LogP contribution is -2.59. The van der Waals surface area contributed by atoms with E-state index < -0.39 is 12.0 Å². The van der Waals surface area contributed by atoms with E-state index in [-0.39, 0.29) is 24.5 Å². The molecule has 0 aliphatic heterocycles. The molecule has 0 aromatic heterocycles. The Bertz CT molecular complexity index is 1070. The lowest BCUT2D eigenvalue weighted by atomic mass is 9.54. The van der Waals surface area contributed by atoms with Crippen molar-refractivity contribution < 1.29 is 19.7 Å². The van der Waals surface area contributed by atoms with Gasteiger partial charge in [0, 0.05) is 18.9 Å². The first-order valence-corrected chi connectivity index (χ1v) is 13.2. The van der Waals surface area contributed by atoms with E-state index in [1.54, 1.807) is 0 Å². The Hall–Kier alpha value is -3.35. The summed E-state index contributed by atoms with van der Waals surface area (Å²) in [7, 11) is 0. The van der Waals surface area contributed by atoms with Crippen LogP contribution in [0.25, 0.3) is 0 Å². The van der Waals surface area contributed by atoms with E-state index in [1.165, 1.54) is 32.1 Å². The van der Waals surface area contributed by atoms with Crippen LogP contribution in [0.5, 0.6) is 0 Å². The number of carbonyl (C=O) groups is 2. The Morgan fingerprint density at radius 1 is 0.944 bits per heavy atom. The number of benzene rings is 2. The van der Waals surface area contributed by atoms with Crippen LogP contribution in [-0.4, -0.2) is 36.5 Å². The molecule has 1 unspecified atom stereocenters. The van der Waals surface area contributed by atoms with E-state index >= 15 is 0 Å². The maximum atomic E-state index is 13.1. The molecule has 36 heavy (non-hydrogen) atoms. The molecule has 0 radical (unpaired) electrons. The van der Waals surface area contributed by atoms with Crippen LogP contribution in [-0.2, 0) is 22.4 Å². The maximum absolute atomic E-state index is 13.1. The zero-order chi connectivity index (χ0) is 25.1. The summed E-state index contributed by atoms with van der Waals surface area (Å²) in [5.74, 6) is 2.55. The molecule has 7 heteroatoms. The molecule has 4 saturated carbocycles. The number of rotatable bonds is 9. The van der Waals surface area contributed by atoms with Gasteiger partial charge >= 0.3 is 12.0 Å². The third-order valence-corrected chi connectivity index (χ3v) is 8.29. The largest absolute Gasteiger partial charge is 0.464 e. The van der Waals surface area contributed by atoms with E-state index in [9.17, 15) is 9.59 Å². The van der Waals surface area contributed by atoms with E-state index in [0.29, 0.717) is 30.2 Å². The standard InChI is InChI=1S/C29H36N4O3/c30-27(31)22-8-4-7-19(12-22)17-25(28(34)36-10-9-18-5-2-1-3-6-18)32-29(35)33-26-23-13-20-11-21(15-23)16-24(26)14-20/h1-8,12,20-21,23-26H,9-11,13-17H2,(H3,30,31)(H2,32,33,35)/p+1. The summed E-state index contributed by atoms with van der Waals surface area (Å²) in [6.07, 6.45) is 7.14. The molecule has 4 bridgehead atoms. The van der Waals surface area contributed by atoms with Gasteiger partial charge in [0.05, 0.1) is 12.2 Å². The van der Waals surface area contributed by atoms with Crippen LogP contribution in [0, 0.1) is 23.7 Å². The van der Waals surface area contributed by atoms with Crippen molar-refractivity contribution >= 4 is 17.8 Å². The second-order valence-electron chi connectivity index (χ2n) is 10.9. The topological polar surface area (TPSA) is 119 Å². The molecule has 1 atom stereocenters. The Labute approximate surface area is 212 Å². The molecule has 0 saturated heterocycles. The third kappa shape index (κ3) is 5.72. The first-order chi connectivity index (χ1) is 17.4. The van der Waals surface area contributed by atoms with Crippen LogP contribution >= 0.6 is 0 Å². The predicted octanol–water partition coefficient (Wildman–Crippen LogP) is 1.97. The predicted molar refractivity (Wildman–Crippen MR) is 138 cm³/mol. The van der Waals surface area contributed by atoms with E-state index in [2.05, 4.69) is 10.6 Å². The van der Waals surface area contributed by atoms with Crippen molar-refractivity contribution in [1.82, 2.24) is 10.6 Å². The van der Waals surface area contributed by atoms with Crippen molar-refractivity contribution in [2.75, 3.05) is 6.61 Å². The SMILES string of the molecule is NC(=[NH2+])c1cccc(CC(NC(=O)NC2C3CC4CC(C3)CC2C4)C(=O)OCCc2ccccc2)c1.